The smallest absolute Gasteiger partial charge is 0.159 e. The Balaban J connectivity index is 1.08. The minimum absolute atomic E-state index is 0.124. The van der Waals surface area contributed by atoms with E-state index in [-0.39, 0.29) is 5.41 Å². The van der Waals surface area contributed by atoms with Gasteiger partial charge in [-0.25, -0.2) is 0 Å². The fourth-order valence-electron chi connectivity index (χ4n) is 12.2. The summed E-state index contributed by atoms with van der Waals surface area (Å²) in [5.74, 6) is 0. The Morgan fingerprint density at radius 2 is 1.02 bits per heavy atom. The molecule has 1 spiro atoms. The number of furan rings is 1. The molecule has 10 aromatic rings. The summed E-state index contributed by atoms with van der Waals surface area (Å²) in [7, 11) is 0. The zero-order chi connectivity index (χ0) is 39.5. The molecule has 1 heterocycles. The van der Waals surface area contributed by atoms with Crippen molar-refractivity contribution in [1.82, 2.24) is 0 Å². The van der Waals surface area contributed by atoms with Crippen LogP contribution in [-0.2, 0) is 23.7 Å². The Hall–Kier alpha value is -7.16. The van der Waals surface area contributed by atoms with Gasteiger partial charge in [-0.05, 0) is 126 Å². The summed E-state index contributed by atoms with van der Waals surface area (Å²) in [6.45, 7) is 4.72. The quantitative estimate of drug-likeness (QED) is 0.178. The molecular formula is C58H39NO. The van der Waals surface area contributed by atoms with E-state index < -0.39 is 5.41 Å². The van der Waals surface area contributed by atoms with Crippen LogP contribution < -0.4 is 4.90 Å². The lowest BCUT2D eigenvalue weighted by atomic mass is 9.61. The summed E-state index contributed by atoms with van der Waals surface area (Å²) in [5.41, 5.74) is 23.3. The number of hydrogen-bond acceptors (Lipinski definition) is 2. The van der Waals surface area contributed by atoms with Crippen LogP contribution in [0.4, 0.5) is 17.1 Å². The molecule has 0 amide bonds. The van der Waals surface area contributed by atoms with Crippen molar-refractivity contribution < 1.29 is 4.42 Å². The van der Waals surface area contributed by atoms with Crippen LogP contribution in [0.15, 0.2) is 180 Å². The SMILES string of the molecule is CC1(C)c2ccccc2-c2ccc(N(c3ccccc3)c3cccc4c3oc3c5c(ccc34)C3(c4ccccc4-c4ccccc43)c3ccc4c6c(ccc-5c36)CC4)cc21. The lowest BCUT2D eigenvalue weighted by Crippen LogP contribution is -2.32. The molecule has 0 saturated carbocycles. The third kappa shape index (κ3) is 3.86. The van der Waals surface area contributed by atoms with Crippen molar-refractivity contribution in [3.05, 3.63) is 220 Å². The van der Waals surface area contributed by atoms with Crippen LogP contribution in [0, 0.1) is 0 Å². The second-order valence-electron chi connectivity index (χ2n) is 17.8. The molecule has 0 atom stereocenters. The highest BCUT2D eigenvalue weighted by molar-refractivity contribution is 6.19. The third-order valence-electron chi connectivity index (χ3n) is 14.8. The number of aryl methyl sites for hydroxylation is 2. The van der Waals surface area contributed by atoms with Gasteiger partial charge < -0.3 is 9.32 Å². The molecule has 0 bridgehead atoms. The minimum atomic E-state index is -0.490. The maximum atomic E-state index is 7.55. The Morgan fingerprint density at radius 3 is 1.77 bits per heavy atom. The van der Waals surface area contributed by atoms with Gasteiger partial charge in [0, 0.05) is 33.1 Å². The molecule has 0 aliphatic heterocycles. The van der Waals surface area contributed by atoms with Crippen LogP contribution >= 0.6 is 0 Å². The largest absolute Gasteiger partial charge is 0.453 e. The molecule has 2 heteroatoms. The number of anilines is 3. The van der Waals surface area contributed by atoms with E-state index in [0.717, 1.165) is 51.8 Å². The van der Waals surface area contributed by atoms with Gasteiger partial charge >= 0.3 is 0 Å². The molecule has 14 rings (SSSR count). The van der Waals surface area contributed by atoms with Crippen molar-refractivity contribution in [1.29, 1.82) is 0 Å². The molecule has 282 valence electrons. The van der Waals surface area contributed by atoms with Crippen LogP contribution in [-0.4, -0.2) is 0 Å². The van der Waals surface area contributed by atoms with Crippen LogP contribution in [0.25, 0.3) is 66.1 Å². The molecule has 9 aromatic carbocycles. The fourth-order valence-corrected chi connectivity index (χ4v) is 12.2. The molecule has 0 radical (unpaired) electrons. The van der Waals surface area contributed by atoms with Gasteiger partial charge in [0.05, 0.1) is 11.1 Å². The summed E-state index contributed by atoms with van der Waals surface area (Å²) >= 11 is 0. The van der Waals surface area contributed by atoms with Gasteiger partial charge in [0.15, 0.2) is 5.58 Å². The highest BCUT2D eigenvalue weighted by Gasteiger charge is 2.51. The van der Waals surface area contributed by atoms with Crippen LogP contribution in [0.5, 0.6) is 0 Å². The first-order chi connectivity index (χ1) is 29.5. The highest BCUT2D eigenvalue weighted by Crippen LogP contribution is 2.64. The van der Waals surface area contributed by atoms with Crippen molar-refractivity contribution >= 4 is 49.8 Å². The second-order valence-corrected chi connectivity index (χ2v) is 17.8. The van der Waals surface area contributed by atoms with Crippen LogP contribution in [0.3, 0.4) is 0 Å². The maximum Gasteiger partial charge on any atom is 0.159 e. The molecule has 0 unspecified atom stereocenters. The van der Waals surface area contributed by atoms with Crippen molar-refractivity contribution in [3.63, 3.8) is 0 Å². The average Bonchev–Trinajstić information content (AvgIpc) is 4.03. The van der Waals surface area contributed by atoms with Gasteiger partial charge in [0.1, 0.15) is 5.58 Å². The highest BCUT2D eigenvalue weighted by atomic mass is 16.3. The molecule has 0 fully saturated rings. The van der Waals surface area contributed by atoms with E-state index in [9.17, 15) is 0 Å². The van der Waals surface area contributed by atoms with Gasteiger partial charge in [-0.1, -0.05) is 159 Å². The minimum Gasteiger partial charge on any atom is -0.453 e. The number of fused-ring (bicyclic) bond motifs is 16. The lowest BCUT2D eigenvalue weighted by molar-refractivity contribution is 0.660. The van der Waals surface area contributed by atoms with Crippen molar-refractivity contribution in [2.24, 2.45) is 0 Å². The summed E-state index contributed by atoms with van der Waals surface area (Å²) in [6, 6.07) is 66.1. The molecule has 4 aliphatic carbocycles. The first kappa shape index (κ1) is 32.8. The van der Waals surface area contributed by atoms with Crippen molar-refractivity contribution in [2.45, 2.75) is 37.5 Å². The topological polar surface area (TPSA) is 16.4 Å². The number of nitrogens with zero attached hydrogens (tertiary/aromatic N) is 1. The first-order valence-electron chi connectivity index (χ1n) is 21.4. The molecule has 4 aliphatic rings. The lowest BCUT2D eigenvalue weighted by Gasteiger charge is -2.40. The zero-order valence-electron chi connectivity index (χ0n) is 33.5. The van der Waals surface area contributed by atoms with Gasteiger partial charge in [-0.3, -0.25) is 0 Å². The van der Waals surface area contributed by atoms with E-state index in [2.05, 4.69) is 195 Å². The van der Waals surface area contributed by atoms with Gasteiger partial charge in [-0.2, -0.15) is 0 Å². The maximum absolute atomic E-state index is 7.55. The molecule has 1 aromatic heterocycles. The molecule has 0 saturated heterocycles. The van der Waals surface area contributed by atoms with Crippen molar-refractivity contribution in [3.8, 4) is 33.4 Å². The summed E-state index contributed by atoms with van der Waals surface area (Å²) in [6.07, 6.45) is 2.17. The van der Waals surface area contributed by atoms with E-state index in [1.165, 1.54) is 88.7 Å². The first-order valence-corrected chi connectivity index (χ1v) is 21.4. The fraction of sp³-hybridized carbons (Fsp3) is 0.103. The summed E-state index contributed by atoms with van der Waals surface area (Å²) in [5, 5.41) is 5.11. The summed E-state index contributed by atoms with van der Waals surface area (Å²) < 4.78 is 7.55. The molecule has 2 nitrogen and oxygen atoms in total. The predicted molar refractivity (Wildman–Crippen MR) is 247 cm³/mol. The number of rotatable bonds is 3. The Morgan fingerprint density at radius 1 is 0.417 bits per heavy atom. The third-order valence-corrected chi connectivity index (χ3v) is 14.8. The van der Waals surface area contributed by atoms with Crippen LogP contribution in [0.2, 0.25) is 0 Å². The standard InChI is InChI=1S/C58H39NO/c1-57(2)45-19-9-6-15-38(45)41-29-27-37(33-50(41)57)59(36-13-4-3-5-14-36)51-22-12-18-42-43-30-32-49-54(56(43)60-55(42)51)44-28-25-34-23-24-35-26-31-48(53(44)52(34)35)58(49)46-20-10-7-16-39(46)40-17-8-11-21-47(40)58/h3-22,25-33H,23-24H2,1-2H3. The van der Waals surface area contributed by atoms with Crippen molar-refractivity contribution in [2.75, 3.05) is 4.90 Å². The number of para-hydroxylation sites is 2. The predicted octanol–water partition coefficient (Wildman–Crippen LogP) is 15.0. The zero-order valence-corrected chi connectivity index (χ0v) is 33.5. The van der Waals surface area contributed by atoms with Gasteiger partial charge in [0.25, 0.3) is 0 Å². The van der Waals surface area contributed by atoms with Gasteiger partial charge in [-0.15, -0.1) is 0 Å². The monoisotopic (exact) mass is 765 g/mol. The number of hydrogen-bond donors (Lipinski definition) is 0. The van der Waals surface area contributed by atoms with Crippen LogP contribution in [0.1, 0.15) is 58.4 Å². The van der Waals surface area contributed by atoms with E-state index >= 15 is 0 Å². The second kappa shape index (κ2) is 11.3. The van der Waals surface area contributed by atoms with E-state index in [1.807, 2.05) is 0 Å². The summed E-state index contributed by atoms with van der Waals surface area (Å²) in [4.78, 5) is 2.40. The van der Waals surface area contributed by atoms with E-state index in [0.29, 0.717) is 0 Å². The molecule has 60 heavy (non-hydrogen) atoms. The Labute approximate surface area is 349 Å². The van der Waals surface area contributed by atoms with E-state index in [4.69, 9.17) is 4.42 Å². The molecular weight excluding hydrogens is 727 g/mol. The normalized spacial score (nSPS) is 15.3. The number of benzene rings is 9. The molecule has 0 N–H and O–H groups in total. The van der Waals surface area contributed by atoms with Gasteiger partial charge in [0.2, 0.25) is 0 Å². The Bertz CT molecular complexity index is 3470. The van der Waals surface area contributed by atoms with E-state index in [1.54, 1.807) is 0 Å². The Kier molecular flexibility index (Phi) is 6.18. The average molecular weight is 766 g/mol.